The Morgan fingerprint density at radius 2 is 1.65 bits per heavy atom. The first-order chi connectivity index (χ1) is 31.3. The van der Waals surface area contributed by atoms with E-state index in [9.17, 15) is 42.9 Å². The van der Waals surface area contributed by atoms with Crippen molar-refractivity contribution in [2.45, 2.75) is 107 Å². The lowest BCUT2D eigenvalue weighted by molar-refractivity contribution is -0.192. The van der Waals surface area contributed by atoms with Gasteiger partial charge in [0.25, 0.3) is 5.91 Å². The van der Waals surface area contributed by atoms with E-state index >= 15 is 0 Å². The topological polar surface area (TPSA) is 214 Å². The van der Waals surface area contributed by atoms with Crippen molar-refractivity contribution in [3.63, 3.8) is 0 Å². The minimum Gasteiger partial charge on any atom is -0.390 e. The van der Waals surface area contributed by atoms with Gasteiger partial charge in [0.2, 0.25) is 17.8 Å². The van der Waals surface area contributed by atoms with E-state index in [0.29, 0.717) is 48.4 Å². The number of imide groups is 1. The number of piperazine rings is 1. The molecule has 3 aliphatic heterocycles. The van der Waals surface area contributed by atoms with E-state index in [1.54, 1.807) is 48.2 Å². The normalized spacial score (nSPS) is 21.6. The Morgan fingerprint density at radius 3 is 2.33 bits per heavy atom. The minimum atomic E-state index is -4.63. The van der Waals surface area contributed by atoms with E-state index in [4.69, 9.17) is 5.11 Å². The number of amides is 2. The van der Waals surface area contributed by atoms with E-state index in [-0.39, 0.29) is 36.3 Å². The summed E-state index contributed by atoms with van der Waals surface area (Å²) < 4.78 is 46.5. The first-order valence-corrected chi connectivity index (χ1v) is 23.4. The third-order valence-corrected chi connectivity index (χ3v) is 13.9. The first-order valence-electron chi connectivity index (χ1n) is 22.6. The van der Waals surface area contributed by atoms with Gasteiger partial charge in [-0.1, -0.05) is 19.3 Å². The number of hydrogen-bond acceptors (Lipinski definition) is 15. The van der Waals surface area contributed by atoms with Crippen molar-refractivity contribution in [2.75, 3.05) is 67.5 Å². The van der Waals surface area contributed by atoms with Crippen molar-refractivity contribution in [2.24, 2.45) is 13.0 Å². The molecular weight excluding hydrogens is 882 g/mol. The quantitative estimate of drug-likeness (QED) is 0.0625. The van der Waals surface area contributed by atoms with E-state index in [0.717, 1.165) is 67.0 Å². The van der Waals surface area contributed by atoms with Crippen LogP contribution in [-0.2, 0) is 22.8 Å². The monoisotopic (exact) mass is 942 g/mol. The Labute approximate surface area is 385 Å². The zero-order chi connectivity index (χ0) is 47.4. The predicted molar refractivity (Wildman–Crippen MR) is 245 cm³/mol. The number of anilines is 4. The van der Waals surface area contributed by atoms with Gasteiger partial charge in [-0.25, -0.2) is 14.5 Å². The number of piperidine rings is 1. The van der Waals surface area contributed by atoms with Crippen LogP contribution in [0, 0.1) is 12.8 Å². The molecule has 2 amide bonds. The lowest BCUT2D eigenvalue weighted by atomic mass is 9.89. The van der Waals surface area contributed by atoms with Crippen LogP contribution in [0.4, 0.5) is 36.3 Å². The molecule has 0 radical (unpaired) electrons. The zero-order valence-electron chi connectivity index (χ0n) is 37.6. The highest BCUT2D eigenvalue weighted by molar-refractivity contribution is 7.97. The number of rotatable bonds is 11. The fraction of sp³-hybridized carbons (Fsp3) is 0.578. The second kappa shape index (κ2) is 20.6. The molecule has 360 valence electrons. The van der Waals surface area contributed by atoms with Gasteiger partial charge in [0.05, 0.1) is 16.6 Å². The van der Waals surface area contributed by atoms with Crippen molar-refractivity contribution in [3.8, 4) is 0 Å². The summed E-state index contributed by atoms with van der Waals surface area (Å²) in [6.45, 7) is 8.45. The van der Waals surface area contributed by atoms with Crippen LogP contribution in [0.15, 0.2) is 52.3 Å². The Morgan fingerprint density at radius 1 is 0.909 bits per heavy atom. The zero-order valence-corrected chi connectivity index (χ0v) is 38.4. The number of aromatic nitrogens is 4. The maximum atomic E-state index is 13.7. The highest BCUT2D eigenvalue weighted by Crippen LogP contribution is 2.38. The fourth-order valence-corrected chi connectivity index (χ4v) is 9.90. The van der Waals surface area contributed by atoms with E-state index in [2.05, 4.69) is 47.3 Å². The second-order valence-corrected chi connectivity index (χ2v) is 19.1. The van der Waals surface area contributed by atoms with Crippen LogP contribution < -0.4 is 30.8 Å². The summed E-state index contributed by atoms with van der Waals surface area (Å²) in [6, 6.07) is 10.4. The maximum absolute atomic E-state index is 13.7. The minimum absolute atomic E-state index is 0.00866. The summed E-state index contributed by atoms with van der Waals surface area (Å²) in [5, 5.41) is 43.3. The second-order valence-electron chi connectivity index (χ2n) is 18.2. The molecule has 4 fully saturated rings. The molecule has 0 spiro atoms. The largest absolute Gasteiger partial charge is 0.421 e. The number of alkyl halides is 3. The Bertz CT molecular complexity index is 2410. The molecule has 2 unspecified atom stereocenters. The maximum Gasteiger partial charge on any atom is 0.421 e. The molecular formula is C45H61F3N10O7S. The third kappa shape index (κ3) is 12.0. The number of fused-ring (bicyclic) bond motifs is 1. The number of aryl methyl sites for hydroxylation is 2. The van der Waals surface area contributed by atoms with Gasteiger partial charge in [-0.2, -0.15) is 18.2 Å². The van der Waals surface area contributed by atoms with Crippen molar-refractivity contribution in [3.05, 3.63) is 64.2 Å². The fourth-order valence-electron chi connectivity index (χ4n) is 9.18. The molecule has 0 bridgehead atoms. The molecule has 4 aromatic rings. The van der Waals surface area contributed by atoms with Crippen LogP contribution in [-0.4, -0.2) is 120 Å². The Kier molecular flexibility index (Phi) is 15.4. The van der Waals surface area contributed by atoms with Crippen LogP contribution in [0.1, 0.15) is 88.3 Å². The third-order valence-electron chi connectivity index (χ3n) is 13.0. The van der Waals surface area contributed by atoms with Crippen LogP contribution in [0.2, 0.25) is 0 Å². The van der Waals surface area contributed by atoms with E-state index in [1.165, 1.54) is 43.5 Å². The molecule has 7 N–H and O–H groups in total. The summed E-state index contributed by atoms with van der Waals surface area (Å²) in [6.07, 6.45) is 5.03. The summed E-state index contributed by atoms with van der Waals surface area (Å²) >= 11 is 0.888. The summed E-state index contributed by atoms with van der Waals surface area (Å²) in [4.78, 5) is 52.1. The summed E-state index contributed by atoms with van der Waals surface area (Å²) in [5.41, 5.74) is 1.84. The molecule has 66 heavy (non-hydrogen) atoms. The molecule has 4 aliphatic rings. The Balaban J connectivity index is 0.000000197. The average molecular weight is 943 g/mol. The van der Waals surface area contributed by atoms with Gasteiger partial charge in [0, 0.05) is 81.7 Å². The predicted octanol–water partition coefficient (Wildman–Crippen LogP) is 4.54. The van der Waals surface area contributed by atoms with Crippen LogP contribution in [0.3, 0.4) is 0 Å². The number of aliphatic hydroxyl groups excluding tert-OH is 1. The number of nitrogens with zero attached hydrogens (tertiary/aromatic N) is 7. The van der Waals surface area contributed by atoms with Gasteiger partial charge in [-0.15, -0.1) is 0 Å². The highest BCUT2D eigenvalue weighted by atomic mass is 32.2. The van der Waals surface area contributed by atoms with Gasteiger partial charge >= 0.3 is 11.9 Å². The molecule has 2 atom stereocenters. The molecule has 1 saturated carbocycles. The van der Waals surface area contributed by atoms with Gasteiger partial charge in [0.15, 0.2) is 0 Å². The number of carbonyl (C=O) groups excluding carboxylic acids is 2. The number of hydrogen-bond donors (Lipinski definition) is 7. The average Bonchev–Trinajstić information content (AvgIpc) is 3.39. The smallest absolute Gasteiger partial charge is 0.390 e. The highest BCUT2D eigenvalue weighted by Gasteiger charge is 2.38. The van der Waals surface area contributed by atoms with Gasteiger partial charge < -0.3 is 35.5 Å². The van der Waals surface area contributed by atoms with E-state index < -0.39 is 41.8 Å². The van der Waals surface area contributed by atoms with Crippen molar-refractivity contribution >= 4 is 57.9 Å². The molecule has 2 aromatic carbocycles. The summed E-state index contributed by atoms with van der Waals surface area (Å²) in [5.74, 6) is -2.49. The molecule has 21 heteroatoms. The SMILES string of the molecule is Cc1cc(SNC(O)(O)CO)ccc1Nc1ncc(C(F)(F)F)c(N2CCCC(C)(O)CC2)n1.Cn1c(=O)n(C2CCC(=O)NC2=O)c2ccc(N3CCN(CC4CCCCC4)CC3)cc21. The van der Waals surface area contributed by atoms with Crippen molar-refractivity contribution < 1.29 is 43.2 Å². The number of benzene rings is 2. The van der Waals surface area contributed by atoms with Crippen LogP contribution in [0.25, 0.3) is 11.0 Å². The number of nitrogens with one attached hydrogen (secondary N) is 3. The van der Waals surface area contributed by atoms with Gasteiger partial charge in [0.1, 0.15) is 24.0 Å². The Hall–Kier alpha value is -4.77. The first kappa shape index (κ1) is 49.1. The molecule has 1 aliphatic carbocycles. The number of imidazole rings is 1. The lowest BCUT2D eigenvalue weighted by Crippen LogP contribution is -2.48. The number of aliphatic hydroxyl groups is 4. The van der Waals surface area contributed by atoms with Crippen LogP contribution >= 0.6 is 11.9 Å². The van der Waals surface area contributed by atoms with Crippen molar-refractivity contribution in [1.82, 2.24) is 34.0 Å². The van der Waals surface area contributed by atoms with Gasteiger partial charge in [-0.05, 0) is 112 Å². The number of carbonyl (C=O) groups is 2. The molecule has 5 heterocycles. The standard InChI is InChI=1S/C24H33N5O3.C21H28F3N5O4S/c1-26-21-15-18(28-13-11-27(12-14-28)16-17-5-3-2-4-6-17)7-8-19(21)29(24(26)32)20-9-10-22(30)25-23(20)31;1-13-10-14(34-28-20(32,33)12-30)4-5-16(13)26-18-25-11-15(21(22,23)24)17(27-18)29-8-3-6-19(2,31)7-9-29/h7-8,15,17,20H,2-6,9-14,16H2,1H3,(H,25,30,31);4-5,10-11,28,30-33H,3,6-9,12H2,1-2H3,(H,25,26,27). The molecule has 17 nitrogen and oxygen atoms in total. The lowest BCUT2D eigenvalue weighted by Gasteiger charge is -2.38. The van der Waals surface area contributed by atoms with Crippen molar-refractivity contribution in [1.29, 1.82) is 0 Å². The summed E-state index contributed by atoms with van der Waals surface area (Å²) in [7, 11) is 1.75. The number of halogens is 3. The van der Waals surface area contributed by atoms with Crippen LogP contribution in [0.5, 0.6) is 0 Å². The molecule has 3 saturated heterocycles. The van der Waals surface area contributed by atoms with E-state index in [1.807, 2.05) is 6.07 Å². The van der Waals surface area contributed by atoms with Gasteiger partial charge in [-0.3, -0.25) is 28.9 Å². The molecule has 2 aromatic heterocycles. The molecule has 8 rings (SSSR count).